The van der Waals surface area contributed by atoms with Crippen molar-refractivity contribution in [2.45, 2.75) is 38.3 Å². The van der Waals surface area contributed by atoms with E-state index in [9.17, 15) is 9.59 Å². The monoisotopic (exact) mass is 413 g/mol. The van der Waals surface area contributed by atoms with E-state index in [1.807, 2.05) is 0 Å². The molecular formula is C9H17NO6Y2-2. The third-order valence-electron chi connectivity index (χ3n) is 1.73. The van der Waals surface area contributed by atoms with E-state index in [0.717, 1.165) is 0 Å². The van der Waals surface area contributed by atoms with Gasteiger partial charge in [0.15, 0.2) is 6.10 Å². The summed E-state index contributed by atoms with van der Waals surface area (Å²) in [5, 5.41) is 25.6. The Balaban J connectivity index is -0.0000000992. The number of esters is 1. The molecule has 0 aromatic carbocycles. The fraction of sp³-hybridized carbons (Fsp3) is 0.667. The number of rotatable bonds is 1. The number of cyclic esters (lactones) is 1. The van der Waals surface area contributed by atoms with Crippen LogP contribution in [-0.4, -0.2) is 51.6 Å². The molecule has 0 aliphatic carbocycles. The van der Waals surface area contributed by atoms with Crippen LogP contribution in [0.2, 0.25) is 0 Å². The summed E-state index contributed by atoms with van der Waals surface area (Å²) in [7, 11) is 0. The van der Waals surface area contributed by atoms with Crippen LogP contribution in [0.25, 0.3) is 5.73 Å². The number of aliphatic hydroxyl groups is 3. The fourth-order valence-electron chi connectivity index (χ4n) is 0.719. The molecule has 0 aromatic rings. The van der Waals surface area contributed by atoms with Crippen LogP contribution in [0.1, 0.15) is 13.8 Å². The molecule has 9 heteroatoms. The van der Waals surface area contributed by atoms with Crippen LogP contribution in [-0.2, 0) is 79.7 Å². The van der Waals surface area contributed by atoms with Crippen molar-refractivity contribution in [3.63, 3.8) is 0 Å². The maximum atomic E-state index is 10.4. The number of ether oxygens (including phenoxy) is 1. The number of hydrogen-bond acceptors (Lipinski definition) is 6. The Bertz CT molecular complexity index is 251. The minimum absolute atomic E-state index is 0. The third kappa shape index (κ3) is 9.89. The van der Waals surface area contributed by atoms with E-state index in [2.05, 4.69) is 4.74 Å². The Morgan fingerprint density at radius 1 is 1.39 bits per heavy atom. The second-order valence-electron chi connectivity index (χ2n) is 3.12. The zero-order valence-electron chi connectivity index (χ0n) is 10.5. The van der Waals surface area contributed by atoms with Crippen LogP contribution in [0.5, 0.6) is 0 Å². The van der Waals surface area contributed by atoms with Crippen LogP contribution in [0.4, 0.5) is 0 Å². The molecule has 1 rings (SSSR count). The van der Waals surface area contributed by atoms with Crippen LogP contribution < -0.4 is 0 Å². The maximum Gasteiger partial charge on any atom is 0.338 e. The normalized spacial score (nSPS) is 26.1. The van der Waals surface area contributed by atoms with Crippen molar-refractivity contribution in [2.24, 2.45) is 0 Å². The van der Waals surface area contributed by atoms with E-state index in [-0.39, 0.29) is 72.8 Å². The molecule has 4 N–H and O–H groups in total. The summed E-state index contributed by atoms with van der Waals surface area (Å²) >= 11 is 0. The maximum absolute atomic E-state index is 10.4. The summed E-state index contributed by atoms with van der Waals surface area (Å²) in [5.74, 6) is -1.68. The SMILES string of the molecule is CC(O)C([NH-])=O.CC1OC(=O)C(O)C1O.[CH3-].[Y].[Y]. The van der Waals surface area contributed by atoms with Gasteiger partial charge in [-0.15, -0.1) is 0 Å². The quantitative estimate of drug-likeness (QED) is 0.376. The van der Waals surface area contributed by atoms with Gasteiger partial charge in [0, 0.05) is 65.4 Å². The van der Waals surface area contributed by atoms with Crippen molar-refractivity contribution in [3.05, 3.63) is 13.2 Å². The van der Waals surface area contributed by atoms with E-state index in [4.69, 9.17) is 21.1 Å². The first kappa shape index (κ1) is 27.4. The summed E-state index contributed by atoms with van der Waals surface area (Å²) in [6, 6.07) is 0. The standard InChI is InChI=1S/C5H8O4.C3H7NO2.CH3.2Y/c1-2-3(6)4(7)5(8)9-2;1-2(5)3(4)6;;;/h2-4,6-7H,1H3;2,5H,1H3,(H2,4,6);1H3;;/q;;-1;;/p-1. The summed E-state index contributed by atoms with van der Waals surface area (Å²) in [6.07, 6.45) is -4.10. The number of carbonyl (C=O) groups excluding carboxylic acids is 2. The average Bonchev–Trinajstić information content (AvgIpc) is 2.34. The number of nitrogens with one attached hydrogen (secondary N) is 1. The van der Waals surface area contributed by atoms with Crippen LogP contribution >= 0.6 is 0 Å². The van der Waals surface area contributed by atoms with Gasteiger partial charge >= 0.3 is 5.97 Å². The van der Waals surface area contributed by atoms with Gasteiger partial charge in [0.05, 0.1) is 12.0 Å². The van der Waals surface area contributed by atoms with Crippen molar-refractivity contribution in [3.8, 4) is 0 Å². The van der Waals surface area contributed by atoms with Gasteiger partial charge in [-0.3, -0.25) is 0 Å². The van der Waals surface area contributed by atoms with Gasteiger partial charge in [-0.25, -0.2) is 4.79 Å². The first-order valence-corrected chi connectivity index (χ1v) is 4.27. The molecule has 0 aromatic heterocycles. The second-order valence-corrected chi connectivity index (χ2v) is 3.12. The van der Waals surface area contributed by atoms with E-state index in [0.29, 0.717) is 0 Å². The van der Waals surface area contributed by atoms with Gasteiger partial charge < -0.3 is 38.0 Å². The van der Waals surface area contributed by atoms with Crippen molar-refractivity contribution < 1.29 is 95.1 Å². The van der Waals surface area contributed by atoms with Crippen LogP contribution in [0, 0.1) is 7.43 Å². The Morgan fingerprint density at radius 3 is 1.78 bits per heavy atom. The minimum Gasteiger partial charge on any atom is -0.666 e. The summed E-state index contributed by atoms with van der Waals surface area (Å²) < 4.78 is 4.45. The number of amides is 1. The fourth-order valence-corrected chi connectivity index (χ4v) is 0.719. The van der Waals surface area contributed by atoms with Crippen molar-refractivity contribution in [1.82, 2.24) is 0 Å². The zero-order valence-corrected chi connectivity index (χ0v) is 16.2. The summed E-state index contributed by atoms with van der Waals surface area (Å²) in [4.78, 5) is 19.9. The van der Waals surface area contributed by atoms with Gasteiger partial charge in [0.2, 0.25) is 0 Å². The Morgan fingerprint density at radius 2 is 1.72 bits per heavy atom. The summed E-state index contributed by atoms with van der Waals surface area (Å²) in [6.45, 7) is 2.79. The van der Waals surface area contributed by atoms with Gasteiger partial charge in [-0.1, -0.05) is 0 Å². The second kappa shape index (κ2) is 13.0. The molecule has 102 valence electrons. The predicted octanol–water partition coefficient (Wildman–Crippen LogP) is -0.955. The van der Waals surface area contributed by atoms with E-state index in [1.54, 1.807) is 0 Å². The Kier molecular flexibility index (Phi) is 19.8. The molecule has 4 unspecified atom stereocenters. The topological polar surface area (TPSA) is 128 Å². The molecule has 1 aliphatic heterocycles. The van der Waals surface area contributed by atoms with Gasteiger partial charge in [-0.05, 0) is 13.8 Å². The number of carbonyl (C=O) groups is 2. The van der Waals surface area contributed by atoms with Gasteiger partial charge in [-0.2, -0.15) is 0 Å². The molecular weight excluding hydrogens is 396 g/mol. The van der Waals surface area contributed by atoms with Gasteiger partial charge in [0.1, 0.15) is 12.2 Å². The van der Waals surface area contributed by atoms with E-state index < -0.39 is 36.3 Å². The molecule has 7 nitrogen and oxygen atoms in total. The minimum atomic E-state index is -1.35. The molecule has 18 heavy (non-hydrogen) atoms. The Hall–Kier alpha value is 1.03. The number of aliphatic hydroxyl groups excluding tert-OH is 3. The predicted molar refractivity (Wildman–Crippen MR) is 55.0 cm³/mol. The molecule has 1 fully saturated rings. The molecule has 1 aliphatic rings. The van der Waals surface area contributed by atoms with Gasteiger partial charge in [0.25, 0.3) is 0 Å². The van der Waals surface area contributed by atoms with Crippen molar-refractivity contribution >= 4 is 11.9 Å². The first-order valence-electron chi connectivity index (χ1n) is 4.27. The van der Waals surface area contributed by atoms with E-state index in [1.165, 1.54) is 13.8 Å². The first-order chi connectivity index (χ1) is 6.77. The van der Waals surface area contributed by atoms with Crippen molar-refractivity contribution in [2.75, 3.05) is 0 Å². The molecule has 0 saturated carbocycles. The molecule has 4 atom stereocenters. The number of hydrogen-bond donors (Lipinski definition) is 3. The van der Waals surface area contributed by atoms with Crippen LogP contribution in [0.3, 0.4) is 0 Å². The van der Waals surface area contributed by atoms with Crippen molar-refractivity contribution in [1.29, 1.82) is 0 Å². The molecule has 1 saturated heterocycles. The molecule has 1 heterocycles. The molecule has 0 bridgehead atoms. The van der Waals surface area contributed by atoms with E-state index >= 15 is 0 Å². The zero-order chi connectivity index (χ0) is 12.2. The Labute approximate surface area is 157 Å². The average molecular weight is 413 g/mol. The molecule has 2 radical (unpaired) electrons. The largest absolute Gasteiger partial charge is 0.666 e. The molecule has 0 spiro atoms. The third-order valence-corrected chi connectivity index (χ3v) is 1.73. The summed E-state index contributed by atoms with van der Waals surface area (Å²) in [5.41, 5.74) is 6.14. The van der Waals surface area contributed by atoms with Crippen LogP contribution in [0.15, 0.2) is 0 Å². The molecule has 1 amide bonds. The smallest absolute Gasteiger partial charge is 0.338 e.